The highest BCUT2D eigenvalue weighted by Gasteiger charge is 2.34. The van der Waals surface area contributed by atoms with Crippen molar-refractivity contribution >= 4 is 35.3 Å². The molecule has 22 heavy (non-hydrogen) atoms. The van der Waals surface area contributed by atoms with Crippen LogP contribution in [0.4, 0.5) is 0 Å². The molecular formula is C17H20ClO3P. The summed E-state index contributed by atoms with van der Waals surface area (Å²) in [4.78, 5) is 0. The first-order valence-corrected chi connectivity index (χ1v) is 9.64. The van der Waals surface area contributed by atoms with Crippen LogP contribution in [0.5, 0.6) is 0 Å². The van der Waals surface area contributed by atoms with Crippen LogP contribution in [-0.2, 0) is 26.5 Å². The molecule has 0 aliphatic heterocycles. The first kappa shape index (κ1) is 16.0. The van der Waals surface area contributed by atoms with Crippen molar-refractivity contribution in [2.75, 3.05) is 13.2 Å². The molecule has 0 aromatic heterocycles. The maximum atomic E-state index is 13.4. The van der Waals surface area contributed by atoms with E-state index in [1.165, 1.54) is 5.56 Å². The Bertz CT molecular complexity index is 747. The van der Waals surface area contributed by atoms with E-state index in [4.69, 9.17) is 20.6 Å². The van der Waals surface area contributed by atoms with Gasteiger partial charge in [-0.25, -0.2) is 0 Å². The van der Waals surface area contributed by atoms with Gasteiger partial charge in [-0.1, -0.05) is 23.7 Å². The number of rotatable bonds is 5. The van der Waals surface area contributed by atoms with Crippen molar-refractivity contribution in [3.8, 4) is 0 Å². The third-order valence-electron chi connectivity index (χ3n) is 4.02. The second-order valence-corrected chi connectivity index (χ2v) is 7.81. The van der Waals surface area contributed by atoms with Gasteiger partial charge in [0.25, 0.3) is 0 Å². The van der Waals surface area contributed by atoms with Gasteiger partial charge in [0.05, 0.1) is 18.5 Å². The minimum atomic E-state index is -3.34. The van der Waals surface area contributed by atoms with E-state index < -0.39 is 7.60 Å². The molecule has 1 aliphatic rings. The molecule has 0 amide bonds. The van der Waals surface area contributed by atoms with Gasteiger partial charge in [0.2, 0.25) is 0 Å². The Morgan fingerprint density at radius 2 is 1.86 bits per heavy atom. The molecule has 0 atom stereocenters. The van der Waals surface area contributed by atoms with Crippen molar-refractivity contribution in [2.45, 2.75) is 33.1 Å². The average Bonchev–Trinajstić information content (AvgIpc) is 2.92. The number of halogens is 1. The second kappa shape index (κ2) is 6.33. The normalized spacial score (nSPS) is 14.5. The molecule has 5 heteroatoms. The van der Waals surface area contributed by atoms with E-state index in [1.807, 2.05) is 32.0 Å². The standard InChI is InChI=1S/C17H20ClO3P/c1-3-20-22(19,21-4-2)17-15-7-5-6-12(15)10-13-8-9-14(18)11-16(13)17/h8-11H,3-7H2,1-2H3. The van der Waals surface area contributed by atoms with Crippen molar-refractivity contribution in [2.24, 2.45) is 0 Å². The van der Waals surface area contributed by atoms with E-state index in [0.29, 0.717) is 18.2 Å². The van der Waals surface area contributed by atoms with Gasteiger partial charge in [-0.15, -0.1) is 0 Å². The fraction of sp³-hybridized carbons (Fsp3) is 0.412. The third kappa shape index (κ3) is 2.72. The van der Waals surface area contributed by atoms with E-state index in [0.717, 1.165) is 40.9 Å². The molecule has 0 heterocycles. The number of benzene rings is 2. The molecule has 3 nitrogen and oxygen atoms in total. The summed E-state index contributed by atoms with van der Waals surface area (Å²) in [6, 6.07) is 7.89. The van der Waals surface area contributed by atoms with E-state index in [1.54, 1.807) is 0 Å². The van der Waals surface area contributed by atoms with Crippen LogP contribution in [-0.4, -0.2) is 13.2 Å². The molecule has 0 spiro atoms. The molecule has 0 radical (unpaired) electrons. The van der Waals surface area contributed by atoms with Gasteiger partial charge >= 0.3 is 7.60 Å². The number of hydrogen-bond donors (Lipinski definition) is 0. The number of aryl methyl sites for hydroxylation is 1. The maximum Gasteiger partial charge on any atom is 0.362 e. The molecule has 118 valence electrons. The zero-order valence-electron chi connectivity index (χ0n) is 12.9. The summed E-state index contributed by atoms with van der Waals surface area (Å²) < 4.78 is 24.7. The van der Waals surface area contributed by atoms with E-state index in [-0.39, 0.29) is 0 Å². The van der Waals surface area contributed by atoms with Crippen molar-refractivity contribution in [1.82, 2.24) is 0 Å². The van der Waals surface area contributed by atoms with Crippen molar-refractivity contribution in [3.63, 3.8) is 0 Å². The molecule has 0 saturated heterocycles. The molecule has 0 bridgehead atoms. The van der Waals surface area contributed by atoms with Crippen LogP contribution in [0.3, 0.4) is 0 Å². The summed E-state index contributed by atoms with van der Waals surface area (Å²) in [6.07, 6.45) is 3.00. The molecule has 1 aliphatic carbocycles. The number of fused-ring (bicyclic) bond motifs is 2. The second-order valence-electron chi connectivity index (χ2n) is 5.41. The molecule has 0 saturated carbocycles. The quantitative estimate of drug-likeness (QED) is 0.729. The van der Waals surface area contributed by atoms with Gasteiger partial charge in [-0.3, -0.25) is 4.57 Å². The summed E-state index contributed by atoms with van der Waals surface area (Å²) in [5.41, 5.74) is 2.38. The van der Waals surface area contributed by atoms with Gasteiger partial charge in [0.1, 0.15) is 0 Å². The summed E-state index contributed by atoms with van der Waals surface area (Å²) in [5.74, 6) is 0. The zero-order chi connectivity index (χ0) is 15.7. The monoisotopic (exact) mass is 338 g/mol. The molecule has 2 aromatic rings. The van der Waals surface area contributed by atoms with E-state index in [9.17, 15) is 4.57 Å². The van der Waals surface area contributed by atoms with Crippen LogP contribution < -0.4 is 5.30 Å². The van der Waals surface area contributed by atoms with Crippen LogP contribution in [0.2, 0.25) is 5.02 Å². The lowest BCUT2D eigenvalue weighted by Crippen LogP contribution is -2.17. The topological polar surface area (TPSA) is 35.5 Å². The lowest BCUT2D eigenvalue weighted by Gasteiger charge is -2.22. The van der Waals surface area contributed by atoms with Crippen molar-refractivity contribution in [3.05, 3.63) is 40.4 Å². The summed E-state index contributed by atoms with van der Waals surface area (Å²) in [7, 11) is -3.34. The number of hydrogen-bond acceptors (Lipinski definition) is 3. The van der Waals surface area contributed by atoms with Crippen molar-refractivity contribution < 1.29 is 13.6 Å². The summed E-state index contributed by atoms with van der Waals surface area (Å²) in [6.45, 7) is 4.38. The Morgan fingerprint density at radius 3 is 2.55 bits per heavy atom. The highest BCUT2D eigenvalue weighted by atomic mass is 35.5. The minimum Gasteiger partial charge on any atom is -0.305 e. The van der Waals surface area contributed by atoms with Gasteiger partial charge in [-0.2, -0.15) is 0 Å². The largest absolute Gasteiger partial charge is 0.362 e. The Labute approximate surface area is 136 Å². The van der Waals surface area contributed by atoms with Gasteiger partial charge in [-0.05, 0) is 67.1 Å². The molecule has 0 fully saturated rings. The lowest BCUT2D eigenvalue weighted by molar-refractivity contribution is 0.230. The predicted octanol–water partition coefficient (Wildman–Crippen LogP) is 4.87. The minimum absolute atomic E-state index is 0.350. The molecule has 2 aromatic carbocycles. The average molecular weight is 339 g/mol. The molecule has 3 rings (SSSR count). The van der Waals surface area contributed by atoms with E-state index >= 15 is 0 Å². The summed E-state index contributed by atoms with van der Waals surface area (Å²) in [5, 5.41) is 3.29. The highest BCUT2D eigenvalue weighted by molar-refractivity contribution is 7.62. The Morgan fingerprint density at radius 1 is 1.14 bits per heavy atom. The Balaban J connectivity index is 2.34. The predicted molar refractivity (Wildman–Crippen MR) is 91.5 cm³/mol. The summed E-state index contributed by atoms with van der Waals surface area (Å²) >= 11 is 6.17. The van der Waals surface area contributed by atoms with Crippen LogP contribution in [0, 0.1) is 0 Å². The van der Waals surface area contributed by atoms with Crippen LogP contribution >= 0.6 is 19.2 Å². The van der Waals surface area contributed by atoms with Crippen LogP contribution in [0.15, 0.2) is 24.3 Å². The highest BCUT2D eigenvalue weighted by Crippen LogP contribution is 2.51. The maximum absolute atomic E-state index is 13.4. The van der Waals surface area contributed by atoms with Gasteiger partial charge < -0.3 is 9.05 Å². The van der Waals surface area contributed by atoms with Gasteiger partial charge in [0, 0.05) is 5.02 Å². The fourth-order valence-corrected chi connectivity index (χ4v) is 5.48. The molecule has 0 N–H and O–H groups in total. The fourth-order valence-electron chi connectivity index (χ4n) is 3.23. The Hall–Kier alpha value is -0.860. The van der Waals surface area contributed by atoms with Crippen LogP contribution in [0.1, 0.15) is 31.4 Å². The Kier molecular flexibility index (Phi) is 4.61. The smallest absolute Gasteiger partial charge is 0.305 e. The molecular weight excluding hydrogens is 319 g/mol. The van der Waals surface area contributed by atoms with Crippen LogP contribution in [0.25, 0.3) is 10.8 Å². The first-order valence-electron chi connectivity index (χ1n) is 7.72. The van der Waals surface area contributed by atoms with Crippen molar-refractivity contribution in [1.29, 1.82) is 0 Å². The van der Waals surface area contributed by atoms with Gasteiger partial charge in [0.15, 0.2) is 0 Å². The first-order chi connectivity index (χ1) is 10.6. The molecule has 0 unspecified atom stereocenters. The zero-order valence-corrected chi connectivity index (χ0v) is 14.5. The third-order valence-corrected chi connectivity index (χ3v) is 6.51. The SMILES string of the molecule is CCOP(=O)(OCC)c1c2c(cc3ccc(Cl)cc13)CCC2. The van der Waals surface area contributed by atoms with E-state index in [2.05, 4.69) is 6.07 Å². The lowest BCUT2D eigenvalue weighted by atomic mass is 10.0.